The zero-order chi connectivity index (χ0) is 27.1. The highest BCUT2D eigenvalue weighted by Crippen LogP contribution is 2.56. The van der Waals surface area contributed by atoms with Crippen molar-refractivity contribution < 1.29 is 24.2 Å². The van der Waals surface area contributed by atoms with Crippen LogP contribution in [0.3, 0.4) is 0 Å². The fourth-order valence-electron chi connectivity index (χ4n) is 6.50. The number of carbonyl (C=O) groups excluding carboxylic acids is 2. The van der Waals surface area contributed by atoms with Crippen LogP contribution in [0.15, 0.2) is 103 Å². The normalized spacial score (nSPS) is 20.2. The number of rotatable bonds is 6. The number of ketones is 1. The highest BCUT2D eigenvalue weighted by Gasteiger charge is 2.60. The minimum atomic E-state index is -1.21. The summed E-state index contributed by atoms with van der Waals surface area (Å²) in [6, 6.07) is 32.1. The second kappa shape index (κ2) is 9.80. The molecular formula is C33H29NO5. The van der Waals surface area contributed by atoms with Crippen LogP contribution in [0.25, 0.3) is 11.1 Å². The van der Waals surface area contributed by atoms with E-state index in [-0.39, 0.29) is 12.3 Å². The Morgan fingerprint density at radius 3 is 1.97 bits per heavy atom. The third-order valence-corrected chi connectivity index (χ3v) is 8.16. The number of esters is 1. The molecule has 0 saturated carbocycles. The number of hydrogen-bond donors (Lipinski definition) is 1. The second-order valence-electron chi connectivity index (χ2n) is 9.97. The monoisotopic (exact) mass is 519 g/mol. The number of benzene rings is 4. The van der Waals surface area contributed by atoms with Gasteiger partial charge in [-0.1, -0.05) is 91.0 Å². The zero-order valence-electron chi connectivity index (χ0n) is 21.8. The number of fused-ring (bicyclic) bond motifs is 3. The van der Waals surface area contributed by atoms with Gasteiger partial charge in [-0.25, -0.2) is 0 Å². The summed E-state index contributed by atoms with van der Waals surface area (Å²) in [5.41, 5.74) is 4.59. The van der Waals surface area contributed by atoms with Gasteiger partial charge >= 0.3 is 5.97 Å². The van der Waals surface area contributed by atoms with E-state index in [0.29, 0.717) is 11.3 Å². The Morgan fingerprint density at radius 1 is 0.846 bits per heavy atom. The average Bonchev–Trinajstić information content (AvgIpc) is 3.49. The number of aliphatic hydroxyl groups excluding tert-OH is 1. The van der Waals surface area contributed by atoms with Crippen LogP contribution < -0.4 is 4.74 Å². The van der Waals surface area contributed by atoms with Crippen molar-refractivity contribution in [3.05, 3.63) is 125 Å². The van der Waals surface area contributed by atoms with Crippen molar-refractivity contribution in [2.45, 2.75) is 17.7 Å². The fourth-order valence-corrected chi connectivity index (χ4v) is 6.50. The molecular weight excluding hydrogens is 490 g/mol. The summed E-state index contributed by atoms with van der Waals surface area (Å²) in [6.07, 6.45) is -1.21. The van der Waals surface area contributed by atoms with Crippen LogP contribution in [0.4, 0.5) is 0 Å². The molecule has 0 bridgehead atoms. The first-order valence-corrected chi connectivity index (χ1v) is 13.0. The van der Waals surface area contributed by atoms with Gasteiger partial charge in [0.2, 0.25) is 0 Å². The summed E-state index contributed by atoms with van der Waals surface area (Å²) in [5.74, 6) is -1.16. The third-order valence-electron chi connectivity index (χ3n) is 8.16. The molecule has 6 rings (SSSR count). The van der Waals surface area contributed by atoms with Crippen molar-refractivity contribution in [3.8, 4) is 16.9 Å². The molecule has 1 fully saturated rings. The first kappa shape index (κ1) is 25.0. The Bertz CT molecular complexity index is 1490. The maximum atomic E-state index is 13.9. The van der Waals surface area contributed by atoms with Gasteiger partial charge in [-0.15, -0.1) is 0 Å². The van der Waals surface area contributed by atoms with E-state index >= 15 is 0 Å². The van der Waals surface area contributed by atoms with E-state index in [4.69, 9.17) is 9.47 Å². The number of methoxy groups -OCH3 is 2. The van der Waals surface area contributed by atoms with Crippen LogP contribution in [0.2, 0.25) is 0 Å². The predicted octanol–water partition coefficient (Wildman–Crippen LogP) is 4.74. The van der Waals surface area contributed by atoms with E-state index in [1.807, 2.05) is 59.5 Å². The number of hydrogen-bond acceptors (Lipinski definition) is 6. The largest absolute Gasteiger partial charge is 0.497 e. The number of carbonyl (C=O) groups is 2. The van der Waals surface area contributed by atoms with Crippen molar-refractivity contribution in [1.29, 1.82) is 0 Å². The zero-order valence-corrected chi connectivity index (χ0v) is 21.8. The van der Waals surface area contributed by atoms with Crippen LogP contribution in [-0.2, 0) is 19.9 Å². The van der Waals surface area contributed by atoms with Crippen LogP contribution in [0, 0.1) is 5.92 Å². The summed E-state index contributed by atoms with van der Waals surface area (Å²) in [7, 11) is 2.89. The van der Waals surface area contributed by atoms with Gasteiger partial charge in [-0.2, -0.15) is 0 Å². The molecule has 1 saturated heterocycles. The second-order valence-corrected chi connectivity index (χ2v) is 9.97. The summed E-state index contributed by atoms with van der Waals surface area (Å²) in [5, 5.41) is 11.6. The van der Waals surface area contributed by atoms with Crippen LogP contribution in [0.1, 0.15) is 28.4 Å². The molecule has 1 aliphatic carbocycles. The number of aliphatic hydroxyl groups is 1. The molecule has 6 nitrogen and oxygen atoms in total. The highest BCUT2D eigenvalue weighted by atomic mass is 16.5. The molecule has 0 aromatic heterocycles. The number of nitrogens with zero attached hydrogens (tertiary/aromatic N) is 1. The molecule has 0 amide bonds. The van der Waals surface area contributed by atoms with Crippen molar-refractivity contribution in [3.63, 3.8) is 0 Å². The van der Waals surface area contributed by atoms with E-state index in [1.165, 1.54) is 7.11 Å². The van der Waals surface area contributed by atoms with Crippen molar-refractivity contribution in [2.75, 3.05) is 20.8 Å². The molecule has 1 heterocycles. The van der Waals surface area contributed by atoms with E-state index in [0.717, 1.165) is 27.8 Å². The van der Waals surface area contributed by atoms with Crippen LogP contribution >= 0.6 is 0 Å². The molecule has 4 aromatic rings. The van der Waals surface area contributed by atoms with Gasteiger partial charge in [-0.05, 0) is 45.5 Å². The smallest absolute Gasteiger partial charge is 0.324 e. The maximum Gasteiger partial charge on any atom is 0.324 e. The van der Waals surface area contributed by atoms with E-state index < -0.39 is 29.6 Å². The molecule has 39 heavy (non-hydrogen) atoms. The molecule has 3 atom stereocenters. The fraction of sp³-hybridized carbons (Fsp3) is 0.212. The van der Waals surface area contributed by atoms with Gasteiger partial charge in [0.15, 0.2) is 5.78 Å². The molecule has 1 aliphatic heterocycles. The summed E-state index contributed by atoms with van der Waals surface area (Å²) in [4.78, 5) is 29.4. The van der Waals surface area contributed by atoms with E-state index in [2.05, 4.69) is 24.3 Å². The van der Waals surface area contributed by atoms with Gasteiger partial charge in [0.1, 0.15) is 11.8 Å². The number of ether oxygens (including phenoxy) is 2. The highest BCUT2D eigenvalue weighted by molar-refractivity contribution is 5.95. The number of Topliss-reactive ketones (excluding diaryl/α,β-unsaturated/α-hetero) is 1. The lowest BCUT2D eigenvalue weighted by atomic mass is 9.78. The van der Waals surface area contributed by atoms with E-state index in [1.54, 1.807) is 31.4 Å². The van der Waals surface area contributed by atoms with Gasteiger partial charge in [0.25, 0.3) is 0 Å². The van der Waals surface area contributed by atoms with Crippen molar-refractivity contribution in [1.82, 2.24) is 4.90 Å². The predicted molar refractivity (Wildman–Crippen MR) is 147 cm³/mol. The van der Waals surface area contributed by atoms with Gasteiger partial charge < -0.3 is 14.6 Å². The minimum absolute atomic E-state index is 0.0325. The average molecular weight is 520 g/mol. The minimum Gasteiger partial charge on any atom is -0.497 e. The molecule has 2 aliphatic rings. The lowest BCUT2D eigenvalue weighted by molar-refractivity contribution is -0.151. The topological polar surface area (TPSA) is 76.1 Å². The molecule has 0 spiro atoms. The lowest BCUT2D eigenvalue weighted by Crippen LogP contribution is -2.54. The van der Waals surface area contributed by atoms with Gasteiger partial charge in [0.05, 0.1) is 38.3 Å². The first-order chi connectivity index (χ1) is 19.0. The summed E-state index contributed by atoms with van der Waals surface area (Å²) in [6.45, 7) is -0.0325. The summed E-state index contributed by atoms with van der Waals surface area (Å²) < 4.78 is 10.6. The quantitative estimate of drug-likeness (QED) is 0.371. The van der Waals surface area contributed by atoms with Crippen molar-refractivity contribution in [2.24, 2.45) is 5.92 Å². The Morgan fingerprint density at radius 2 is 1.41 bits per heavy atom. The standard InChI is InChI=1S/C33H29NO5/c1-38-23-18-16-21(17-19-23)31(36)29-28(35)20-34(30(29)32(37)39-2)33(22-10-4-3-5-11-22)26-14-8-6-12-24(26)25-13-7-9-15-27(25)33/h3-19,29-31,36H,20H2,1-2H3/t29-,30-,31-/m0/s1. The Kier molecular flexibility index (Phi) is 6.29. The molecule has 6 heteroatoms. The van der Waals surface area contributed by atoms with Crippen LogP contribution in [-0.4, -0.2) is 48.6 Å². The van der Waals surface area contributed by atoms with Crippen LogP contribution in [0.5, 0.6) is 5.75 Å². The van der Waals surface area contributed by atoms with Gasteiger partial charge in [-0.3, -0.25) is 14.5 Å². The molecule has 196 valence electrons. The Hall–Kier alpha value is -4.26. The molecule has 4 aromatic carbocycles. The SMILES string of the molecule is COC(=O)[C@@H]1[C@@H]([C@@H](O)c2ccc(OC)cc2)C(=O)CN1C1(c2ccccc2)c2ccccc2-c2ccccc21. The van der Waals surface area contributed by atoms with E-state index in [9.17, 15) is 14.7 Å². The Balaban J connectivity index is 1.58. The third kappa shape index (κ3) is 3.71. The molecule has 0 radical (unpaired) electrons. The number of likely N-dealkylation sites (tertiary alicyclic amines) is 1. The first-order valence-electron chi connectivity index (χ1n) is 13.0. The lowest BCUT2D eigenvalue weighted by Gasteiger charge is -2.44. The summed E-state index contributed by atoms with van der Waals surface area (Å²) >= 11 is 0. The maximum absolute atomic E-state index is 13.9. The Labute approximate surface area is 227 Å². The van der Waals surface area contributed by atoms with Crippen molar-refractivity contribution >= 4 is 11.8 Å². The molecule has 0 unspecified atom stereocenters. The molecule has 1 N–H and O–H groups in total. The van der Waals surface area contributed by atoms with Gasteiger partial charge in [0, 0.05) is 0 Å².